The SMILES string of the molecule is CN1CC(N)C(C)(C)C1.Cl.Cl. The summed E-state index contributed by atoms with van der Waals surface area (Å²) in [6.07, 6.45) is 0. The van der Waals surface area contributed by atoms with Crippen molar-refractivity contribution in [2.45, 2.75) is 19.9 Å². The molecule has 11 heavy (non-hydrogen) atoms. The number of nitrogens with zero attached hydrogens (tertiary/aromatic N) is 1. The number of hydrogen-bond acceptors (Lipinski definition) is 2. The van der Waals surface area contributed by atoms with Crippen molar-refractivity contribution in [2.24, 2.45) is 11.1 Å². The molecule has 1 rings (SSSR count). The van der Waals surface area contributed by atoms with Crippen molar-refractivity contribution in [3.05, 3.63) is 0 Å². The van der Waals surface area contributed by atoms with E-state index in [-0.39, 0.29) is 24.8 Å². The van der Waals surface area contributed by atoms with Crippen LogP contribution >= 0.6 is 24.8 Å². The van der Waals surface area contributed by atoms with Crippen LogP contribution in [-0.2, 0) is 0 Å². The summed E-state index contributed by atoms with van der Waals surface area (Å²) in [5, 5.41) is 0. The van der Waals surface area contributed by atoms with E-state index in [1.165, 1.54) is 0 Å². The van der Waals surface area contributed by atoms with Gasteiger partial charge in [-0.05, 0) is 12.5 Å². The van der Waals surface area contributed by atoms with E-state index in [1.807, 2.05) is 0 Å². The largest absolute Gasteiger partial charge is 0.326 e. The zero-order valence-electron chi connectivity index (χ0n) is 7.33. The average molecular weight is 201 g/mol. The molecule has 1 aliphatic heterocycles. The Morgan fingerprint density at radius 3 is 1.91 bits per heavy atom. The molecule has 0 aromatic carbocycles. The monoisotopic (exact) mass is 200 g/mol. The molecular formula is C7H18Cl2N2. The normalized spacial score (nSPS) is 28.9. The fraction of sp³-hybridized carbons (Fsp3) is 1.00. The molecule has 0 aliphatic carbocycles. The molecule has 70 valence electrons. The Balaban J connectivity index is 0. The molecule has 0 saturated carbocycles. The lowest BCUT2D eigenvalue weighted by Gasteiger charge is -2.21. The molecule has 1 unspecified atom stereocenters. The summed E-state index contributed by atoms with van der Waals surface area (Å²) in [6.45, 7) is 6.63. The van der Waals surface area contributed by atoms with Crippen LogP contribution in [0.3, 0.4) is 0 Å². The van der Waals surface area contributed by atoms with Crippen molar-refractivity contribution in [1.29, 1.82) is 0 Å². The molecule has 0 bridgehead atoms. The number of likely N-dealkylation sites (tertiary alicyclic amines) is 1. The smallest absolute Gasteiger partial charge is 0.0232 e. The van der Waals surface area contributed by atoms with Crippen LogP contribution in [0.4, 0.5) is 0 Å². The zero-order chi connectivity index (χ0) is 7.07. The van der Waals surface area contributed by atoms with Gasteiger partial charge in [0, 0.05) is 19.1 Å². The third-order valence-electron chi connectivity index (χ3n) is 2.19. The highest BCUT2D eigenvalue weighted by molar-refractivity contribution is 5.85. The van der Waals surface area contributed by atoms with Crippen LogP contribution in [0.2, 0.25) is 0 Å². The van der Waals surface area contributed by atoms with E-state index in [2.05, 4.69) is 25.8 Å². The predicted octanol–water partition coefficient (Wildman–Crippen LogP) is 1.13. The molecule has 0 radical (unpaired) electrons. The van der Waals surface area contributed by atoms with Crippen molar-refractivity contribution in [1.82, 2.24) is 4.90 Å². The Morgan fingerprint density at radius 2 is 1.82 bits per heavy atom. The van der Waals surface area contributed by atoms with Gasteiger partial charge < -0.3 is 10.6 Å². The quantitative estimate of drug-likeness (QED) is 0.636. The molecule has 2 nitrogen and oxygen atoms in total. The highest BCUT2D eigenvalue weighted by atomic mass is 35.5. The zero-order valence-corrected chi connectivity index (χ0v) is 8.97. The third-order valence-corrected chi connectivity index (χ3v) is 2.19. The maximum Gasteiger partial charge on any atom is 0.0232 e. The van der Waals surface area contributed by atoms with Crippen molar-refractivity contribution in [3.63, 3.8) is 0 Å². The number of nitrogens with two attached hydrogens (primary N) is 1. The van der Waals surface area contributed by atoms with Crippen LogP contribution in [-0.4, -0.2) is 31.1 Å². The Labute approximate surface area is 81.3 Å². The number of halogens is 2. The van der Waals surface area contributed by atoms with Crippen molar-refractivity contribution < 1.29 is 0 Å². The number of likely N-dealkylation sites (N-methyl/N-ethyl adjacent to an activating group) is 1. The molecule has 1 fully saturated rings. The molecule has 4 heteroatoms. The van der Waals surface area contributed by atoms with Gasteiger partial charge in [-0.25, -0.2) is 0 Å². The second-order valence-corrected chi connectivity index (χ2v) is 3.79. The topological polar surface area (TPSA) is 29.3 Å². The minimum absolute atomic E-state index is 0. The fourth-order valence-corrected chi connectivity index (χ4v) is 1.46. The summed E-state index contributed by atoms with van der Waals surface area (Å²) in [6, 6.07) is 0.363. The number of rotatable bonds is 0. The van der Waals surface area contributed by atoms with E-state index in [0.717, 1.165) is 13.1 Å². The molecule has 0 aromatic heterocycles. The van der Waals surface area contributed by atoms with E-state index in [9.17, 15) is 0 Å². The van der Waals surface area contributed by atoms with Crippen molar-refractivity contribution in [2.75, 3.05) is 20.1 Å². The Hall–Kier alpha value is 0.500. The summed E-state index contributed by atoms with van der Waals surface area (Å²) in [4.78, 5) is 2.28. The molecule has 0 aromatic rings. The van der Waals surface area contributed by atoms with Gasteiger partial charge in [0.25, 0.3) is 0 Å². The van der Waals surface area contributed by atoms with E-state index < -0.39 is 0 Å². The highest BCUT2D eigenvalue weighted by Crippen LogP contribution is 2.26. The highest BCUT2D eigenvalue weighted by Gasteiger charge is 2.34. The summed E-state index contributed by atoms with van der Waals surface area (Å²) in [5.74, 6) is 0. The average Bonchev–Trinajstić information content (AvgIpc) is 1.79. The standard InChI is InChI=1S/C7H16N2.2ClH/c1-7(2)5-9(3)4-6(7)8;;/h6H,4-5,8H2,1-3H3;2*1H. The Bertz CT molecular complexity index is 117. The van der Waals surface area contributed by atoms with E-state index in [1.54, 1.807) is 0 Å². The molecule has 1 aliphatic rings. The van der Waals surface area contributed by atoms with Crippen molar-refractivity contribution in [3.8, 4) is 0 Å². The predicted molar refractivity (Wildman–Crippen MR) is 53.7 cm³/mol. The van der Waals surface area contributed by atoms with Gasteiger partial charge in [0.05, 0.1) is 0 Å². The van der Waals surface area contributed by atoms with Gasteiger partial charge in [-0.2, -0.15) is 0 Å². The lowest BCUT2D eigenvalue weighted by Crippen LogP contribution is -2.35. The first-order valence-corrected chi connectivity index (χ1v) is 3.46. The third kappa shape index (κ3) is 3.16. The first kappa shape index (κ1) is 14.0. The van der Waals surface area contributed by atoms with E-state index in [4.69, 9.17) is 5.73 Å². The molecule has 2 N–H and O–H groups in total. The number of hydrogen-bond donors (Lipinski definition) is 1. The molecule has 1 heterocycles. The maximum atomic E-state index is 5.86. The van der Waals surface area contributed by atoms with E-state index >= 15 is 0 Å². The van der Waals surface area contributed by atoms with Crippen LogP contribution in [0.15, 0.2) is 0 Å². The summed E-state index contributed by atoms with van der Waals surface area (Å²) < 4.78 is 0. The molecule has 0 amide bonds. The van der Waals surface area contributed by atoms with Gasteiger partial charge in [-0.1, -0.05) is 13.8 Å². The molecule has 1 atom stereocenters. The fourth-order valence-electron chi connectivity index (χ4n) is 1.46. The summed E-state index contributed by atoms with van der Waals surface area (Å²) in [5.41, 5.74) is 6.19. The van der Waals surface area contributed by atoms with Crippen LogP contribution in [0.1, 0.15) is 13.8 Å². The minimum Gasteiger partial charge on any atom is -0.326 e. The van der Waals surface area contributed by atoms with Crippen LogP contribution in [0.25, 0.3) is 0 Å². The van der Waals surface area contributed by atoms with Crippen LogP contribution in [0.5, 0.6) is 0 Å². The van der Waals surface area contributed by atoms with Gasteiger partial charge in [-0.3, -0.25) is 0 Å². The van der Waals surface area contributed by atoms with Gasteiger partial charge in [0.2, 0.25) is 0 Å². The van der Waals surface area contributed by atoms with Gasteiger partial charge >= 0.3 is 0 Å². The Kier molecular flexibility index (Phi) is 5.76. The first-order chi connectivity index (χ1) is 4.02. The van der Waals surface area contributed by atoms with Gasteiger partial charge in [-0.15, -0.1) is 24.8 Å². The van der Waals surface area contributed by atoms with Gasteiger partial charge in [0.1, 0.15) is 0 Å². The van der Waals surface area contributed by atoms with Gasteiger partial charge in [0.15, 0.2) is 0 Å². The minimum atomic E-state index is 0. The van der Waals surface area contributed by atoms with E-state index in [0.29, 0.717) is 11.5 Å². The second-order valence-electron chi connectivity index (χ2n) is 3.79. The summed E-state index contributed by atoms with van der Waals surface area (Å²) >= 11 is 0. The maximum absolute atomic E-state index is 5.86. The molecular weight excluding hydrogens is 183 g/mol. The van der Waals surface area contributed by atoms with Crippen LogP contribution < -0.4 is 5.73 Å². The summed E-state index contributed by atoms with van der Waals surface area (Å²) in [7, 11) is 2.12. The Morgan fingerprint density at radius 1 is 1.36 bits per heavy atom. The lowest BCUT2D eigenvalue weighted by atomic mass is 9.89. The lowest BCUT2D eigenvalue weighted by molar-refractivity contribution is 0.324. The second kappa shape index (κ2) is 4.51. The van der Waals surface area contributed by atoms with Crippen molar-refractivity contribution >= 4 is 24.8 Å². The first-order valence-electron chi connectivity index (χ1n) is 3.46. The molecule has 0 spiro atoms. The molecule has 1 saturated heterocycles. The van der Waals surface area contributed by atoms with Crippen LogP contribution in [0, 0.1) is 5.41 Å².